The van der Waals surface area contributed by atoms with Gasteiger partial charge in [0, 0.05) is 68.8 Å². The van der Waals surface area contributed by atoms with Crippen molar-refractivity contribution in [2.75, 3.05) is 79.6 Å². The van der Waals surface area contributed by atoms with Gasteiger partial charge in [0.05, 0.1) is 78.6 Å². The number of aromatic carboxylic acids is 1. The summed E-state index contributed by atoms with van der Waals surface area (Å²) in [5, 5.41) is 64.3. The van der Waals surface area contributed by atoms with E-state index in [9.17, 15) is 44.7 Å². The Hall–Kier alpha value is -3.79. The fourth-order valence-corrected chi connectivity index (χ4v) is 12.4. The van der Waals surface area contributed by atoms with Crippen LogP contribution in [-0.2, 0) is 47.4 Å². The number of hydrogen-bond donors (Lipinski definition) is 7. The van der Waals surface area contributed by atoms with Crippen LogP contribution >= 0.6 is 11.6 Å². The third-order valence-corrected chi connectivity index (χ3v) is 17.5. The van der Waals surface area contributed by atoms with E-state index in [1.54, 1.807) is 60.6 Å². The number of benzene rings is 1. The number of likely N-dealkylation sites (N-methyl/N-ethyl adjacent to an activating group) is 2. The molecule has 2 aromatic rings. The number of methoxy groups -OCH3 is 1. The summed E-state index contributed by atoms with van der Waals surface area (Å²) in [6.07, 6.45) is -6.91. The van der Waals surface area contributed by atoms with Crippen molar-refractivity contribution in [2.45, 2.75) is 204 Å². The van der Waals surface area contributed by atoms with Crippen molar-refractivity contribution in [1.29, 1.82) is 0 Å². The number of aromatic nitrogens is 1. The molecule has 24 heteroatoms. The van der Waals surface area contributed by atoms with Gasteiger partial charge in [-0.3, -0.25) is 9.59 Å². The maximum atomic E-state index is 14.6. The average Bonchev–Trinajstić information content (AvgIpc) is 2.78. The number of aliphatic hydroxyl groups is 4. The molecule has 7 N–H and O–H groups in total. The predicted octanol–water partition coefficient (Wildman–Crippen LogP) is 4.78. The van der Waals surface area contributed by atoms with Gasteiger partial charge in [-0.05, 0) is 120 Å². The average molecular weight is 1180 g/mol. The molecule has 1 aliphatic carbocycles. The maximum absolute atomic E-state index is 14.6. The minimum Gasteiger partial charge on any atom is -0.477 e. The second-order valence-electron chi connectivity index (χ2n) is 24.3. The molecule has 466 valence electrons. The zero-order valence-corrected chi connectivity index (χ0v) is 51.2. The third kappa shape index (κ3) is 16.2. The smallest absolute Gasteiger partial charge is 0.407 e. The van der Waals surface area contributed by atoms with Gasteiger partial charge in [0.1, 0.15) is 35.1 Å². The van der Waals surface area contributed by atoms with Crippen molar-refractivity contribution in [2.24, 2.45) is 17.8 Å². The lowest BCUT2D eigenvalue weighted by atomic mass is 9.77. The number of pyridine rings is 1. The van der Waals surface area contributed by atoms with E-state index in [4.69, 9.17) is 54.2 Å². The number of carbonyl (C=O) groups is 3. The highest BCUT2D eigenvalue weighted by Crippen LogP contribution is 2.42. The number of esters is 1. The monoisotopic (exact) mass is 1180 g/mol. The highest BCUT2D eigenvalue weighted by atomic mass is 35.5. The molecule has 4 heterocycles. The number of hydrogen-bond acceptors (Lipinski definition) is 20. The lowest BCUT2D eigenvalue weighted by molar-refractivity contribution is -0.317. The van der Waals surface area contributed by atoms with Crippen molar-refractivity contribution < 1.29 is 82.5 Å². The molecular weight excluding hydrogens is 1090 g/mol. The Labute approximate surface area is 487 Å². The molecule has 4 aliphatic rings. The topological polar surface area (TPSA) is 288 Å². The van der Waals surface area contributed by atoms with Gasteiger partial charge in [0.2, 0.25) is 5.43 Å². The molecule has 18 atom stereocenters. The zero-order valence-electron chi connectivity index (χ0n) is 50.4. The van der Waals surface area contributed by atoms with Crippen LogP contribution in [0.4, 0.5) is 10.5 Å². The molecule has 82 heavy (non-hydrogen) atoms. The number of fused-ring (bicyclic) bond motifs is 1. The Morgan fingerprint density at radius 1 is 0.915 bits per heavy atom. The van der Waals surface area contributed by atoms with E-state index in [2.05, 4.69) is 10.6 Å². The van der Waals surface area contributed by atoms with Crippen LogP contribution in [0.5, 0.6) is 0 Å². The molecule has 2 unspecified atom stereocenters. The van der Waals surface area contributed by atoms with Gasteiger partial charge in [0.15, 0.2) is 18.7 Å². The minimum atomic E-state index is -1.87. The first-order valence-corrected chi connectivity index (χ1v) is 29.3. The second kappa shape index (κ2) is 28.6. The molecule has 23 nitrogen and oxygen atoms in total. The normalized spacial score (nSPS) is 36.5. The van der Waals surface area contributed by atoms with E-state index in [-0.39, 0.29) is 87.3 Å². The number of nitrogens with one attached hydrogen (secondary N) is 2. The van der Waals surface area contributed by atoms with Crippen LogP contribution in [-0.4, -0.2) is 223 Å². The number of aliphatic hydroxyl groups excluding tert-OH is 2. The number of amides is 1. The summed E-state index contributed by atoms with van der Waals surface area (Å²) in [7, 11) is 7.03. The fourth-order valence-electron chi connectivity index (χ4n) is 12.2. The molecule has 1 aromatic heterocycles. The molecule has 3 aliphatic heterocycles. The first kappa shape index (κ1) is 67.3. The van der Waals surface area contributed by atoms with Crippen molar-refractivity contribution in [3.8, 4) is 0 Å². The lowest BCUT2D eigenvalue weighted by Crippen LogP contribution is -2.61. The minimum absolute atomic E-state index is 0.00787. The van der Waals surface area contributed by atoms with Crippen LogP contribution in [0.3, 0.4) is 0 Å². The first-order valence-electron chi connectivity index (χ1n) is 29.0. The molecule has 4 fully saturated rings. The Balaban J connectivity index is 1.08. The fraction of sp³-hybridized carbons (Fsp3) is 0.793. The number of anilines is 1. The van der Waals surface area contributed by atoms with E-state index in [0.717, 1.165) is 12.8 Å². The molecule has 3 saturated heterocycles. The third-order valence-electron chi connectivity index (χ3n) is 17.1. The van der Waals surface area contributed by atoms with Gasteiger partial charge in [0.25, 0.3) is 0 Å². The highest BCUT2D eigenvalue weighted by Gasteiger charge is 2.54. The molecule has 1 amide bonds. The van der Waals surface area contributed by atoms with Crippen LogP contribution in [0.25, 0.3) is 10.9 Å². The predicted molar refractivity (Wildman–Crippen MR) is 305 cm³/mol. The number of carbonyl (C=O) groups excluding carboxylic acids is 2. The number of rotatable bonds is 20. The van der Waals surface area contributed by atoms with E-state index < -0.39 is 113 Å². The maximum Gasteiger partial charge on any atom is 0.407 e. The summed E-state index contributed by atoms with van der Waals surface area (Å²) >= 11 is 6.58. The molecule has 1 aromatic carbocycles. The van der Waals surface area contributed by atoms with Crippen LogP contribution < -0.4 is 16.1 Å². The number of carboxylic acids is 1. The Bertz CT molecular complexity index is 2520. The van der Waals surface area contributed by atoms with E-state index in [1.807, 2.05) is 49.4 Å². The Morgan fingerprint density at radius 3 is 2.18 bits per heavy atom. The van der Waals surface area contributed by atoms with Gasteiger partial charge < -0.3 is 93.2 Å². The molecule has 0 bridgehead atoms. The van der Waals surface area contributed by atoms with Crippen molar-refractivity contribution in [3.63, 3.8) is 0 Å². The summed E-state index contributed by atoms with van der Waals surface area (Å²) in [6, 6.07) is 2.45. The van der Waals surface area contributed by atoms with Crippen LogP contribution in [0, 0.1) is 17.8 Å². The number of ether oxygens (including phenoxy) is 9. The largest absolute Gasteiger partial charge is 0.477 e. The van der Waals surface area contributed by atoms with E-state index in [0.29, 0.717) is 35.7 Å². The summed E-state index contributed by atoms with van der Waals surface area (Å²) < 4.78 is 57.8. The van der Waals surface area contributed by atoms with Gasteiger partial charge >= 0.3 is 18.0 Å². The Kier molecular flexibility index (Phi) is 23.5. The van der Waals surface area contributed by atoms with Gasteiger partial charge in [-0.2, -0.15) is 0 Å². The Morgan fingerprint density at radius 2 is 1.57 bits per heavy atom. The van der Waals surface area contributed by atoms with Gasteiger partial charge in [-0.25, -0.2) is 9.59 Å². The van der Waals surface area contributed by atoms with Crippen molar-refractivity contribution >= 4 is 46.2 Å². The number of cyclic esters (lactones) is 1. The summed E-state index contributed by atoms with van der Waals surface area (Å²) in [5.41, 5.74) is -4.53. The quantitative estimate of drug-likeness (QED) is 0.0693. The first-order chi connectivity index (χ1) is 38.5. The number of carboxylic acid groups (broad SMARTS) is 1. The van der Waals surface area contributed by atoms with Crippen molar-refractivity contribution in [3.05, 3.63) is 39.1 Å². The number of nitrogens with zero attached hydrogens (tertiary/aromatic N) is 3. The zero-order chi connectivity index (χ0) is 60.8. The molecule has 6 rings (SSSR count). The van der Waals surface area contributed by atoms with E-state index in [1.165, 1.54) is 20.2 Å². The number of alkyl carbamates (subject to hydrolysis) is 1. The summed E-state index contributed by atoms with van der Waals surface area (Å²) in [5.74, 6) is -4.21. The number of halogens is 1. The van der Waals surface area contributed by atoms with Crippen LogP contribution in [0.2, 0.25) is 5.02 Å². The molecule has 0 spiro atoms. The van der Waals surface area contributed by atoms with Crippen molar-refractivity contribution in [1.82, 2.24) is 19.7 Å². The molecular formula is C58H94ClN5O18. The molecule has 0 radical (unpaired) electrons. The summed E-state index contributed by atoms with van der Waals surface area (Å²) in [6.45, 7) is 19.1. The summed E-state index contributed by atoms with van der Waals surface area (Å²) in [4.78, 5) is 56.6. The molecule has 1 saturated carbocycles. The lowest BCUT2D eigenvalue weighted by Gasteiger charge is -2.49. The van der Waals surface area contributed by atoms with Crippen LogP contribution in [0.15, 0.2) is 23.1 Å². The van der Waals surface area contributed by atoms with Gasteiger partial charge in [-0.1, -0.05) is 32.4 Å². The SMILES string of the molecule is CC[C@H]1OC(=O)[C@H](C)[C@@H](OC2C[C@@](C)(OC)[C@H](OC(=O)NCCOCCOCCNc3cc4c(=O)c(C(=O)O)cn(C5CC5)c4cc3Cl)[C@@H](C)O2)[C@H](C)[C@@H](O[C@@H]2O[C@H](C)CC(N(C)C)[C@H]2O)[C@](C)(O)C[C@@H](C)CN(C)[C@H](C)[C@@H](O)[C@]1(C)O. The van der Waals surface area contributed by atoms with Crippen LogP contribution in [0.1, 0.15) is 124 Å². The van der Waals surface area contributed by atoms with Gasteiger partial charge in [-0.15, -0.1) is 0 Å². The van der Waals surface area contributed by atoms with E-state index >= 15 is 0 Å². The highest BCUT2D eigenvalue weighted by molar-refractivity contribution is 6.34. The standard InChI is InChI=1S/C58H94ClN5O18/c1-15-44-58(10,73)49(67)35(6)63(13)29-31(2)27-56(8,72)50(81-54-47(66)43(62(11)12)24-32(3)77-54)33(4)48(34(5)53(70)79-44)80-45-28-57(9,74-14)51(36(7)78-45)82-55(71)61-19-21-76-23-22-75-20-18-60-41-25-38-42(26-40(41)59)64(37-16-17-37)30-39(46(38)65)52(68)69/h25-26,30-37,43-45,47-51,54,60,66-67,72-73H,15-24,27-29H2,1-14H3,(H,61,71)(H,68,69)/t31-,32-,33+,34-,35-,36-,43?,44-,45?,47-,48+,49-,50-,51-,54+,56-,57-,58-/m1/s1. The second-order valence-corrected chi connectivity index (χ2v) is 24.7.